The summed E-state index contributed by atoms with van der Waals surface area (Å²) in [7, 11) is 2.24. The van der Waals surface area contributed by atoms with Crippen LogP contribution in [0.1, 0.15) is 43.7 Å². The van der Waals surface area contributed by atoms with Gasteiger partial charge in [0.05, 0.1) is 0 Å². The molecule has 0 heterocycles. The minimum Gasteiger partial charge on any atom is -0.330 e. The van der Waals surface area contributed by atoms with E-state index in [9.17, 15) is 0 Å². The van der Waals surface area contributed by atoms with E-state index in [0.29, 0.717) is 5.41 Å². The van der Waals surface area contributed by atoms with Crippen molar-refractivity contribution in [2.24, 2.45) is 17.1 Å². The van der Waals surface area contributed by atoms with E-state index >= 15 is 0 Å². The van der Waals surface area contributed by atoms with Crippen LogP contribution < -0.4 is 5.73 Å². The maximum atomic E-state index is 6.13. The molecule has 1 aromatic carbocycles. The maximum Gasteiger partial charge on any atom is 0.0233 e. The zero-order chi connectivity index (χ0) is 14.6. The summed E-state index contributed by atoms with van der Waals surface area (Å²) in [6.07, 6.45) is 5.27. The van der Waals surface area contributed by atoms with Gasteiger partial charge in [-0.05, 0) is 55.8 Å². The molecule has 1 aliphatic rings. The molecule has 0 saturated heterocycles. The molecule has 0 atom stereocenters. The molecule has 1 fully saturated rings. The fourth-order valence-electron chi connectivity index (χ4n) is 3.51. The normalized spacial score (nSPS) is 26.9. The first-order chi connectivity index (χ1) is 9.54. The second-order valence-corrected chi connectivity index (χ2v) is 6.99. The van der Waals surface area contributed by atoms with Crippen LogP contribution in [0.25, 0.3) is 0 Å². The summed E-state index contributed by atoms with van der Waals surface area (Å²) in [5, 5.41) is 0. The molecule has 0 unspecified atom stereocenters. The Bertz CT molecular complexity index is 419. The number of nitrogens with two attached hydrogens (primary N) is 1. The monoisotopic (exact) mass is 274 g/mol. The van der Waals surface area contributed by atoms with Gasteiger partial charge in [0.15, 0.2) is 0 Å². The van der Waals surface area contributed by atoms with Gasteiger partial charge < -0.3 is 10.6 Å². The van der Waals surface area contributed by atoms with Crippen molar-refractivity contribution >= 4 is 0 Å². The standard InChI is InChI=1S/C18H30N2/c1-15-8-10-18(13-19,11-9-15)14-20(3)12-17-7-5-4-6-16(17)2/h4-7,15H,8-14,19H2,1-3H3. The topological polar surface area (TPSA) is 29.3 Å². The zero-order valence-electron chi connectivity index (χ0n) is 13.4. The van der Waals surface area contributed by atoms with Gasteiger partial charge >= 0.3 is 0 Å². The van der Waals surface area contributed by atoms with Crippen LogP contribution in [-0.4, -0.2) is 25.0 Å². The molecular formula is C18H30N2. The predicted octanol–water partition coefficient (Wildman–Crippen LogP) is 3.58. The lowest BCUT2D eigenvalue weighted by Gasteiger charge is -2.41. The Labute approximate surface area is 124 Å². The minimum atomic E-state index is 0.351. The summed E-state index contributed by atoms with van der Waals surface area (Å²) in [4.78, 5) is 2.46. The molecule has 2 N–H and O–H groups in total. The predicted molar refractivity (Wildman–Crippen MR) is 86.6 cm³/mol. The summed E-state index contributed by atoms with van der Waals surface area (Å²) >= 11 is 0. The summed E-state index contributed by atoms with van der Waals surface area (Å²) < 4.78 is 0. The average Bonchev–Trinajstić information content (AvgIpc) is 2.44. The molecule has 112 valence electrons. The molecule has 0 radical (unpaired) electrons. The molecule has 0 aromatic heterocycles. The van der Waals surface area contributed by atoms with E-state index in [1.54, 1.807) is 0 Å². The van der Waals surface area contributed by atoms with Gasteiger partial charge in [0, 0.05) is 13.1 Å². The van der Waals surface area contributed by atoms with Crippen molar-refractivity contribution in [1.29, 1.82) is 0 Å². The Hall–Kier alpha value is -0.860. The van der Waals surface area contributed by atoms with Crippen molar-refractivity contribution in [1.82, 2.24) is 4.90 Å². The van der Waals surface area contributed by atoms with E-state index in [0.717, 1.165) is 25.6 Å². The van der Waals surface area contributed by atoms with Crippen LogP contribution >= 0.6 is 0 Å². The van der Waals surface area contributed by atoms with Gasteiger partial charge in [-0.2, -0.15) is 0 Å². The second kappa shape index (κ2) is 6.73. The molecule has 2 heteroatoms. The fourth-order valence-corrected chi connectivity index (χ4v) is 3.51. The van der Waals surface area contributed by atoms with Gasteiger partial charge in [0.2, 0.25) is 0 Å². The summed E-state index contributed by atoms with van der Waals surface area (Å²) in [5.74, 6) is 0.886. The first kappa shape index (κ1) is 15.5. The van der Waals surface area contributed by atoms with Crippen molar-refractivity contribution in [2.45, 2.75) is 46.1 Å². The molecule has 2 rings (SSSR count). The molecule has 0 amide bonds. The summed E-state index contributed by atoms with van der Waals surface area (Å²) in [5.41, 5.74) is 9.30. The number of rotatable bonds is 5. The van der Waals surface area contributed by atoms with E-state index < -0.39 is 0 Å². The smallest absolute Gasteiger partial charge is 0.0233 e. The van der Waals surface area contributed by atoms with Crippen molar-refractivity contribution < 1.29 is 0 Å². The lowest BCUT2D eigenvalue weighted by molar-refractivity contribution is 0.105. The van der Waals surface area contributed by atoms with E-state index in [4.69, 9.17) is 5.73 Å². The van der Waals surface area contributed by atoms with Crippen molar-refractivity contribution in [3.8, 4) is 0 Å². The molecule has 20 heavy (non-hydrogen) atoms. The highest BCUT2D eigenvalue weighted by atomic mass is 15.1. The molecule has 1 saturated carbocycles. The molecule has 1 aliphatic carbocycles. The van der Waals surface area contributed by atoms with Gasteiger partial charge in [-0.25, -0.2) is 0 Å². The first-order valence-corrected chi connectivity index (χ1v) is 7.98. The third-order valence-corrected chi connectivity index (χ3v) is 5.07. The Morgan fingerprint density at radius 2 is 1.90 bits per heavy atom. The Morgan fingerprint density at radius 1 is 1.25 bits per heavy atom. The van der Waals surface area contributed by atoms with Gasteiger partial charge in [-0.15, -0.1) is 0 Å². The Kier molecular flexibility index (Phi) is 5.22. The quantitative estimate of drug-likeness (QED) is 0.889. The molecule has 1 aromatic rings. The lowest BCUT2D eigenvalue weighted by atomic mass is 9.70. The molecule has 0 aliphatic heterocycles. The average molecular weight is 274 g/mol. The highest BCUT2D eigenvalue weighted by molar-refractivity contribution is 5.25. The number of hydrogen-bond donors (Lipinski definition) is 1. The largest absolute Gasteiger partial charge is 0.330 e. The van der Waals surface area contributed by atoms with Crippen LogP contribution in [0.3, 0.4) is 0 Å². The van der Waals surface area contributed by atoms with Crippen LogP contribution in [0.15, 0.2) is 24.3 Å². The van der Waals surface area contributed by atoms with Crippen molar-refractivity contribution in [3.05, 3.63) is 35.4 Å². The molecule has 0 spiro atoms. The van der Waals surface area contributed by atoms with Gasteiger partial charge in [0.25, 0.3) is 0 Å². The van der Waals surface area contributed by atoms with Crippen LogP contribution in [-0.2, 0) is 6.54 Å². The van der Waals surface area contributed by atoms with E-state index in [1.807, 2.05) is 0 Å². The van der Waals surface area contributed by atoms with Gasteiger partial charge in [-0.3, -0.25) is 0 Å². The second-order valence-electron chi connectivity index (χ2n) is 6.99. The third-order valence-electron chi connectivity index (χ3n) is 5.07. The van der Waals surface area contributed by atoms with Gasteiger partial charge in [0.1, 0.15) is 0 Å². The summed E-state index contributed by atoms with van der Waals surface area (Å²) in [6.45, 7) is 7.56. The Balaban J connectivity index is 1.96. The van der Waals surface area contributed by atoms with E-state index in [2.05, 4.69) is 50.1 Å². The van der Waals surface area contributed by atoms with Crippen molar-refractivity contribution in [3.63, 3.8) is 0 Å². The minimum absolute atomic E-state index is 0.351. The molecular weight excluding hydrogens is 244 g/mol. The Morgan fingerprint density at radius 3 is 2.50 bits per heavy atom. The van der Waals surface area contributed by atoms with E-state index in [1.165, 1.54) is 36.8 Å². The number of nitrogens with zero attached hydrogens (tertiary/aromatic N) is 1. The zero-order valence-corrected chi connectivity index (χ0v) is 13.4. The van der Waals surface area contributed by atoms with Crippen LogP contribution in [0, 0.1) is 18.3 Å². The van der Waals surface area contributed by atoms with Crippen LogP contribution in [0.5, 0.6) is 0 Å². The SMILES string of the molecule is Cc1ccccc1CN(C)CC1(CN)CCC(C)CC1. The molecule has 0 bridgehead atoms. The fraction of sp³-hybridized carbons (Fsp3) is 0.667. The third kappa shape index (κ3) is 3.83. The summed E-state index contributed by atoms with van der Waals surface area (Å²) in [6, 6.07) is 8.69. The lowest BCUT2D eigenvalue weighted by Crippen LogP contribution is -2.43. The highest BCUT2D eigenvalue weighted by Crippen LogP contribution is 2.38. The molecule has 2 nitrogen and oxygen atoms in total. The van der Waals surface area contributed by atoms with Crippen LogP contribution in [0.4, 0.5) is 0 Å². The van der Waals surface area contributed by atoms with E-state index in [-0.39, 0.29) is 0 Å². The maximum absolute atomic E-state index is 6.13. The number of aryl methyl sites for hydroxylation is 1. The van der Waals surface area contributed by atoms with Crippen LogP contribution in [0.2, 0.25) is 0 Å². The highest BCUT2D eigenvalue weighted by Gasteiger charge is 2.33. The number of hydrogen-bond acceptors (Lipinski definition) is 2. The van der Waals surface area contributed by atoms with Gasteiger partial charge in [-0.1, -0.05) is 44.0 Å². The first-order valence-electron chi connectivity index (χ1n) is 7.98. The number of benzene rings is 1. The van der Waals surface area contributed by atoms with Crippen molar-refractivity contribution in [2.75, 3.05) is 20.1 Å².